The van der Waals surface area contributed by atoms with E-state index in [1.165, 1.54) is 10.4 Å². The van der Waals surface area contributed by atoms with Crippen molar-refractivity contribution in [2.75, 3.05) is 12.3 Å². The molecule has 2 N–H and O–H groups in total. The molecule has 0 aliphatic carbocycles. The lowest BCUT2D eigenvalue weighted by molar-refractivity contribution is 0.245. The standard InChI is InChI=1S/C23H20ClN5S/c24-18-5-1-16(2-6-18)23-27-12-20(30-23)14-29-10-9-21-17(13-29)11-26-22(28-21)15-3-7-19(25)8-4-15/h1-8,11-12H,9-10,13-14,25H2. The molecule has 0 spiro atoms. The number of hydrogen-bond acceptors (Lipinski definition) is 6. The van der Waals surface area contributed by atoms with E-state index in [0.29, 0.717) is 0 Å². The highest BCUT2D eigenvalue weighted by Gasteiger charge is 2.20. The van der Waals surface area contributed by atoms with Gasteiger partial charge in [-0.25, -0.2) is 15.0 Å². The molecule has 0 unspecified atom stereocenters. The molecule has 150 valence electrons. The van der Waals surface area contributed by atoms with Gasteiger partial charge in [0.2, 0.25) is 0 Å². The third-order valence-corrected chi connectivity index (χ3v) is 6.49. The summed E-state index contributed by atoms with van der Waals surface area (Å²) < 4.78 is 0. The van der Waals surface area contributed by atoms with Crippen LogP contribution in [0.1, 0.15) is 16.1 Å². The van der Waals surface area contributed by atoms with E-state index >= 15 is 0 Å². The van der Waals surface area contributed by atoms with Crippen LogP contribution in [0.4, 0.5) is 5.69 Å². The normalized spacial score (nSPS) is 13.9. The van der Waals surface area contributed by atoms with E-state index in [2.05, 4.69) is 14.9 Å². The van der Waals surface area contributed by atoms with Gasteiger partial charge in [-0.05, 0) is 36.4 Å². The molecule has 5 nitrogen and oxygen atoms in total. The molecule has 7 heteroatoms. The Morgan fingerprint density at radius 1 is 0.967 bits per heavy atom. The summed E-state index contributed by atoms with van der Waals surface area (Å²) in [6.45, 7) is 2.70. The average molecular weight is 434 g/mol. The fraction of sp³-hybridized carbons (Fsp3) is 0.174. The number of nitrogens with zero attached hydrogens (tertiary/aromatic N) is 4. The molecule has 5 rings (SSSR count). The zero-order valence-electron chi connectivity index (χ0n) is 16.3. The first-order valence-corrected chi connectivity index (χ1v) is 11.0. The third-order valence-electron chi connectivity index (χ3n) is 5.21. The molecule has 0 bridgehead atoms. The van der Waals surface area contributed by atoms with Crippen molar-refractivity contribution in [3.8, 4) is 22.0 Å². The zero-order valence-corrected chi connectivity index (χ0v) is 17.8. The van der Waals surface area contributed by atoms with Gasteiger partial charge in [0, 0.05) is 70.7 Å². The monoisotopic (exact) mass is 433 g/mol. The number of benzene rings is 2. The minimum atomic E-state index is 0.740. The van der Waals surface area contributed by atoms with E-state index in [1.807, 2.05) is 60.9 Å². The maximum atomic E-state index is 5.99. The van der Waals surface area contributed by atoms with Crippen molar-refractivity contribution in [3.05, 3.63) is 82.1 Å². The van der Waals surface area contributed by atoms with E-state index in [1.54, 1.807) is 11.3 Å². The van der Waals surface area contributed by atoms with E-state index in [4.69, 9.17) is 22.3 Å². The maximum absolute atomic E-state index is 5.99. The Morgan fingerprint density at radius 2 is 1.73 bits per heavy atom. The molecular formula is C23H20ClN5S. The number of thiazole rings is 1. The second kappa shape index (κ2) is 8.14. The molecular weight excluding hydrogens is 414 g/mol. The first-order valence-electron chi connectivity index (χ1n) is 9.78. The summed E-state index contributed by atoms with van der Waals surface area (Å²) in [5.74, 6) is 0.761. The zero-order chi connectivity index (χ0) is 20.5. The van der Waals surface area contributed by atoms with Gasteiger partial charge in [0.1, 0.15) is 5.01 Å². The molecule has 0 saturated carbocycles. The number of nitrogens with two attached hydrogens (primary N) is 1. The van der Waals surface area contributed by atoms with E-state index in [0.717, 1.165) is 64.4 Å². The highest BCUT2D eigenvalue weighted by molar-refractivity contribution is 7.15. The van der Waals surface area contributed by atoms with Crippen molar-refractivity contribution in [2.24, 2.45) is 0 Å². The molecule has 2 aromatic heterocycles. The molecule has 0 amide bonds. The van der Waals surface area contributed by atoms with Crippen molar-refractivity contribution in [1.82, 2.24) is 19.9 Å². The van der Waals surface area contributed by atoms with Gasteiger partial charge in [0.05, 0.1) is 5.69 Å². The number of aromatic nitrogens is 3. The summed E-state index contributed by atoms with van der Waals surface area (Å²) >= 11 is 7.72. The molecule has 0 fully saturated rings. The third kappa shape index (κ3) is 4.07. The van der Waals surface area contributed by atoms with E-state index in [-0.39, 0.29) is 0 Å². The maximum Gasteiger partial charge on any atom is 0.159 e. The van der Waals surface area contributed by atoms with Crippen LogP contribution in [-0.4, -0.2) is 26.4 Å². The minimum absolute atomic E-state index is 0.740. The summed E-state index contributed by atoms with van der Waals surface area (Å²) in [5, 5.41) is 1.76. The highest BCUT2D eigenvalue weighted by atomic mass is 35.5. The number of halogens is 1. The van der Waals surface area contributed by atoms with Crippen LogP contribution in [0.3, 0.4) is 0 Å². The largest absolute Gasteiger partial charge is 0.399 e. The summed E-state index contributed by atoms with van der Waals surface area (Å²) in [4.78, 5) is 17.7. The van der Waals surface area contributed by atoms with Crippen LogP contribution in [0.25, 0.3) is 22.0 Å². The lowest BCUT2D eigenvalue weighted by atomic mass is 10.1. The first kappa shape index (κ1) is 19.2. The predicted octanol–water partition coefficient (Wildman–Crippen LogP) is 5.06. The highest BCUT2D eigenvalue weighted by Crippen LogP contribution is 2.28. The second-order valence-corrected chi connectivity index (χ2v) is 8.94. The summed E-state index contributed by atoms with van der Waals surface area (Å²) in [7, 11) is 0. The molecule has 2 aromatic carbocycles. The number of fused-ring (bicyclic) bond motifs is 1. The van der Waals surface area contributed by atoms with Crippen LogP contribution in [0.5, 0.6) is 0 Å². The van der Waals surface area contributed by atoms with Gasteiger partial charge in [0.25, 0.3) is 0 Å². The quantitative estimate of drug-likeness (QED) is 0.455. The van der Waals surface area contributed by atoms with Gasteiger partial charge in [-0.3, -0.25) is 4.90 Å². The topological polar surface area (TPSA) is 67.9 Å². The van der Waals surface area contributed by atoms with Crippen LogP contribution >= 0.6 is 22.9 Å². The van der Waals surface area contributed by atoms with Gasteiger partial charge < -0.3 is 5.73 Å². The van der Waals surface area contributed by atoms with Crippen LogP contribution in [0.2, 0.25) is 5.02 Å². The number of nitrogen functional groups attached to an aromatic ring is 1. The average Bonchev–Trinajstić information content (AvgIpc) is 3.23. The van der Waals surface area contributed by atoms with Crippen molar-refractivity contribution in [1.29, 1.82) is 0 Å². The lowest BCUT2D eigenvalue weighted by Gasteiger charge is -2.27. The van der Waals surface area contributed by atoms with Gasteiger partial charge in [0.15, 0.2) is 5.82 Å². The van der Waals surface area contributed by atoms with Crippen molar-refractivity contribution >= 4 is 28.6 Å². The van der Waals surface area contributed by atoms with Crippen LogP contribution < -0.4 is 5.73 Å². The Bertz CT molecular complexity index is 1170. The first-order chi connectivity index (χ1) is 14.6. The molecule has 0 radical (unpaired) electrons. The Hall–Kier alpha value is -2.80. The molecule has 1 aliphatic heterocycles. The fourth-order valence-corrected chi connectivity index (χ4v) is 4.69. The van der Waals surface area contributed by atoms with Gasteiger partial charge >= 0.3 is 0 Å². The van der Waals surface area contributed by atoms with Crippen molar-refractivity contribution in [2.45, 2.75) is 19.5 Å². The number of anilines is 1. The minimum Gasteiger partial charge on any atom is -0.399 e. The molecule has 1 aliphatic rings. The van der Waals surface area contributed by atoms with Gasteiger partial charge in [-0.15, -0.1) is 11.3 Å². The number of hydrogen-bond donors (Lipinski definition) is 1. The molecule has 0 saturated heterocycles. The number of rotatable bonds is 4. The van der Waals surface area contributed by atoms with E-state index in [9.17, 15) is 0 Å². The van der Waals surface area contributed by atoms with Crippen molar-refractivity contribution < 1.29 is 0 Å². The molecule has 30 heavy (non-hydrogen) atoms. The SMILES string of the molecule is Nc1ccc(-c2ncc3c(n2)CCN(Cc2cnc(-c4ccc(Cl)cc4)s2)C3)cc1. The van der Waals surface area contributed by atoms with Crippen molar-refractivity contribution in [3.63, 3.8) is 0 Å². The Kier molecular flexibility index (Phi) is 5.21. The lowest BCUT2D eigenvalue weighted by Crippen LogP contribution is -2.30. The smallest absolute Gasteiger partial charge is 0.159 e. The predicted molar refractivity (Wildman–Crippen MR) is 122 cm³/mol. The second-order valence-electron chi connectivity index (χ2n) is 7.39. The van der Waals surface area contributed by atoms with E-state index < -0.39 is 0 Å². The summed E-state index contributed by atoms with van der Waals surface area (Å²) in [6.07, 6.45) is 4.86. The Labute approximate surface area is 184 Å². The van der Waals surface area contributed by atoms with Crippen LogP contribution in [0, 0.1) is 0 Å². The van der Waals surface area contributed by atoms with Gasteiger partial charge in [-0.1, -0.05) is 23.7 Å². The molecule has 0 atom stereocenters. The van der Waals surface area contributed by atoms with Crippen LogP contribution in [-0.2, 0) is 19.5 Å². The summed E-state index contributed by atoms with van der Waals surface area (Å²) in [6, 6.07) is 15.5. The fourth-order valence-electron chi connectivity index (χ4n) is 3.61. The van der Waals surface area contributed by atoms with Gasteiger partial charge in [-0.2, -0.15) is 0 Å². The Balaban J connectivity index is 1.28. The van der Waals surface area contributed by atoms with Crippen LogP contribution in [0.15, 0.2) is 60.9 Å². The molecule has 3 heterocycles. The summed E-state index contributed by atoms with van der Waals surface area (Å²) in [5.41, 5.74) is 11.0. The molecule has 4 aromatic rings. The Morgan fingerprint density at radius 3 is 2.53 bits per heavy atom.